The third-order valence-corrected chi connectivity index (χ3v) is 2.57. The zero-order valence-corrected chi connectivity index (χ0v) is 9.99. The number of benzene rings is 1. The number of carbonyl (C=O) groups is 1. The van der Waals surface area contributed by atoms with Gasteiger partial charge >= 0.3 is 12.1 Å². The highest BCUT2D eigenvalue weighted by atomic mass is 19.4. The molecule has 0 fully saturated rings. The minimum Gasteiger partial charge on any atom is -0.456 e. The minimum atomic E-state index is -4.85. The van der Waals surface area contributed by atoms with Crippen molar-refractivity contribution < 1.29 is 22.7 Å². The lowest BCUT2D eigenvalue weighted by molar-refractivity contribution is -0.205. The molecule has 18 heavy (non-hydrogen) atoms. The molecule has 0 saturated heterocycles. The second kappa shape index (κ2) is 4.97. The Hall–Kier alpha value is -1.56. The Morgan fingerprint density at radius 2 is 1.78 bits per heavy atom. The fourth-order valence-corrected chi connectivity index (χ4v) is 1.19. The number of halogens is 3. The third kappa shape index (κ3) is 3.01. The zero-order valence-electron chi connectivity index (χ0n) is 9.99. The fraction of sp³-hybridized carbons (Fsp3) is 0.417. The Balaban J connectivity index is 2.78. The van der Waals surface area contributed by atoms with Gasteiger partial charge in [-0.05, 0) is 19.4 Å². The van der Waals surface area contributed by atoms with Crippen molar-refractivity contribution in [3.63, 3.8) is 0 Å². The van der Waals surface area contributed by atoms with Gasteiger partial charge in [-0.15, -0.1) is 0 Å². The summed E-state index contributed by atoms with van der Waals surface area (Å²) in [5.41, 5.74) is 2.56. The van der Waals surface area contributed by atoms with Crippen molar-refractivity contribution >= 4 is 5.97 Å². The lowest BCUT2D eigenvalue weighted by Crippen LogP contribution is -2.57. The summed E-state index contributed by atoms with van der Waals surface area (Å²) >= 11 is 0. The van der Waals surface area contributed by atoms with E-state index in [1.54, 1.807) is 30.3 Å². The molecule has 0 spiro atoms. The van der Waals surface area contributed by atoms with E-state index < -0.39 is 23.8 Å². The molecule has 1 aromatic rings. The van der Waals surface area contributed by atoms with E-state index in [0.717, 1.165) is 0 Å². The summed E-state index contributed by atoms with van der Waals surface area (Å²) < 4.78 is 42.3. The Kier molecular flexibility index (Phi) is 4.01. The summed E-state index contributed by atoms with van der Waals surface area (Å²) in [6.07, 6.45) is -5.63. The van der Waals surface area contributed by atoms with E-state index in [4.69, 9.17) is 10.5 Å². The quantitative estimate of drug-likeness (QED) is 0.851. The number of nitrogens with two attached hydrogens (primary N) is 1. The van der Waals surface area contributed by atoms with E-state index in [0.29, 0.717) is 12.5 Å². The average molecular weight is 261 g/mol. The summed E-state index contributed by atoms with van der Waals surface area (Å²) in [5, 5.41) is 0. The summed E-state index contributed by atoms with van der Waals surface area (Å²) in [6, 6.07) is 8.45. The maximum atomic E-state index is 12.5. The SMILES string of the molecule is CC(OC(=O)C(C)(N)C(F)(F)F)c1ccccc1. The number of ether oxygens (including phenoxy) is 1. The molecule has 0 heterocycles. The topological polar surface area (TPSA) is 52.3 Å². The smallest absolute Gasteiger partial charge is 0.416 e. The van der Waals surface area contributed by atoms with Gasteiger partial charge in [0.2, 0.25) is 5.54 Å². The van der Waals surface area contributed by atoms with Crippen molar-refractivity contribution in [2.75, 3.05) is 0 Å². The predicted molar refractivity (Wildman–Crippen MR) is 59.6 cm³/mol. The number of hydrogen-bond donors (Lipinski definition) is 1. The number of esters is 1. The number of carbonyl (C=O) groups excluding carboxylic acids is 1. The van der Waals surface area contributed by atoms with Gasteiger partial charge < -0.3 is 10.5 Å². The first kappa shape index (κ1) is 14.5. The molecule has 0 aromatic heterocycles. The lowest BCUT2D eigenvalue weighted by Gasteiger charge is -2.27. The van der Waals surface area contributed by atoms with Crippen LogP contribution in [0.1, 0.15) is 25.5 Å². The predicted octanol–water partition coefficient (Wildman–Crippen LogP) is 2.57. The molecule has 2 atom stereocenters. The molecular formula is C12H14F3NO2. The summed E-state index contributed by atoms with van der Waals surface area (Å²) in [7, 11) is 0. The van der Waals surface area contributed by atoms with Gasteiger partial charge in [0.1, 0.15) is 6.10 Å². The number of hydrogen-bond acceptors (Lipinski definition) is 3. The van der Waals surface area contributed by atoms with E-state index in [-0.39, 0.29) is 0 Å². The van der Waals surface area contributed by atoms with Gasteiger partial charge in [0.05, 0.1) is 0 Å². The molecule has 6 heteroatoms. The van der Waals surface area contributed by atoms with Crippen molar-refractivity contribution in [2.45, 2.75) is 31.7 Å². The normalized spacial score (nSPS) is 16.8. The van der Waals surface area contributed by atoms with Gasteiger partial charge in [-0.1, -0.05) is 30.3 Å². The van der Waals surface area contributed by atoms with Crippen LogP contribution in [-0.2, 0) is 9.53 Å². The number of rotatable bonds is 3. The van der Waals surface area contributed by atoms with Crippen molar-refractivity contribution in [1.82, 2.24) is 0 Å². The van der Waals surface area contributed by atoms with Crippen LogP contribution in [0.25, 0.3) is 0 Å². The van der Waals surface area contributed by atoms with Crippen LogP contribution in [0.15, 0.2) is 30.3 Å². The Morgan fingerprint density at radius 1 is 1.28 bits per heavy atom. The van der Waals surface area contributed by atoms with Crippen LogP contribution in [0.5, 0.6) is 0 Å². The molecule has 2 unspecified atom stereocenters. The van der Waals surface area contributed by atoms with Gasteiger partial charge in [0, 0.05) is 0 Å². The van der Waals surface area contributed by atoms with Gasteiger partial charge in [-0.2, -0.15) is 13.2 Å². The van der Waals surface area contributed by atoms with Crippen LogP contribution in [0.3, 0.4) is 0 Å². The Morgan fingerprint density at radius 3 is 2.22 bits per heavy atom. The molecule has 3 nitrogen and oxygen atoms in total. The Labute approximate surface area is 103 Å². The lowest BCUT2D eigenvalue weighted by atomic mass is 10.0. The highest BCUT2D eigenvalue weighted by Crippen LogP contribution is 2.30. The number of alkyl halides is 3. The summed E-state index contributed by atoms with van der Waals surface area (Å²) in [4.78, 5) is 11.4. The highest BCUT2D eigenvalue weighted by molar-refractivity contribution is 5.81. The second-order valence-electron chi connectivity index (χ2n) is 4.16. The van der Waals surface area contributed by atoms with Gasteiger partial charge in [0.15, 0.2) is 0 Å². The van der Waals surface area contributed by atoms with Crippen LogP contribution in [0.4, 0.5) is 13.2 Å². The van der Waals surface area contributed by atoms with E-state index in [1.165, 1.54) is 6.92 Å². The average Bonchev–Trinajstić information content (AvgIpc) is 2.28. The van der Waals surface area contributed by atoms with Crippen LogP contribution in [-0.4, -0.2) is 17.7 Å². The van der Waals surface area contributed by atoms with Crippen molar-refractivity contribution in [3.8, 4) is 0 Å². The largest absolute Gasteiger partial charge is 0.456 e. The molecule has 0 saturated carbocycles. The van der Waals surface area contributed by atoms with Crippen molar-refractivity contribution in [2.24, 2.45) is 5.73 Å². The van der Waals surface area contributed by atoms with Crippen molar-refractivity contribution in [3.05, 3.63) is 35.9 Å². The Bertz CT molecular complexity index is 415. The van der Waals surface area contributed by atoms with Gasteiger partial charge in [-0.3, -0.25) is 0 Å². The van der Waals surface area contributed by atoms with Crippen LogP contribution >= 0.6 is 0 Å². The first-order valence-corrected chi connectivity index (χ1v) is 5.28. The maximum Gasteiger partial charge on any atom is 0.416 e. The minimum absolute atomic E-state index is 0.590. The molecule has 1 aromatic carbocycles. The van der Waals surface area contributed by atoms with E-state index in [1.807, 2.05) is 0 Å². The highest BCUT2D eigenvalue weighted by Gasteiger charge is 2.55. The molecular weight excluding hydrogens is 247 g/mol. The monoisotopic (exact) mass is 261 g/mol. The van der Waals surface area contributed by atoms with E-state index >= 15 is 0 Å². The van der Waals surface area contributed by atoms with Crippen molar-refractivity contribution in [1.29, 1.82) is 0 Å². The first-order chi connectivity index (χ1) is 8.16. The molecule has 0 radical (unpaired) electrons. The standard InChI is InChI=1S/C12H14F3NO2/c1-8(9-6-4-3-5-7-9)18-10(17)11(2,16)12(13,14)15/h3-8H,16H2,1-2H3. The van der Waals surface area contributed by atoms with E-state index in [2.05, 4.69) is 0 Å². The molecule has 100 valence electrons. The maximum absolute atomic E-state index is 12.5. The molecule has 2 N–H and O–H groups in total. The van der Waals surface area contributed by atoms with E-state index in [9.17, 15) is 18.0 Å². The van der Waals surface area contributed by atoms with Crippen LogP contribution < -0.4 is 5.73 Å². The van der Waals surface area contributed by atoms with Gasteiger partial charge in [0.25, 0.3) is 0 Å². The molecule has 0 amide bonds. The third-order valence-electron chi connectivity index (χ3n) is 2.57. The van der Waals surface area contributed by atoms with Crippen LogP contribution in [0, 0.1) is 0 Å². The molecule has 0 bridgehead atoms. The fourth-order valence-electron chi connectivity index (χ4n) is 1.19. The molecule has 0 aliphatic carbocycles. The summed E-state index contributed by atoms with van der Waals surface area (Å²) in [5.74, 6) is -1.49. The zero-order chi connectivity index (χ0) is 14.0. The van der Waals surface area contributed by atoms with Crippen LogP contribution in [0.2, 0.25) is 0 Å². The summed E-state index contributed by atoms with van der Waals surface area (Å²) in [6.45, 7) is 2.08. The van der Waals surface area contributed by atoms with Gasteiger partial charge in [-0.25, -0.2) is 4.79 Å². The molecule has 0 aliphatic heterocycles. The second-order valence-corrected chi connectivity index (χ2v) is 4.16. The molecule has 1 rings (SSSR count). The molecule has 0 aliphatic rings. The first-order valence-electron chi connectivity index (χ1n) is 5.28.